The number of amides is 1. The zero-order chi connectivity index (χ0) is 22.3. The van der Waals surface area contributed by atoms with E-state index in [1.165, 1.54) is 0 Å². The minimum Gasteiger partial charge on any atom is -0.373 e. The van der Waals surface area contributed by atoms with Gasteiger partial charge in [-0.25, -0.2) is 0 Å². The van der Waals surface area contributed by atoms with Crippen molar-refractivity contribution in [2.24, 2.45) is 0 Å². The third kappa shape index (κ3) is 3.69. The van der Waals surface area contributed by atoms with Crippen molar-refractivity contribution in [3.8, 4) is 0 Å². The molecule has 0 spiro atoms. The Morgan fingerprint density at radius 3 is 2.97 bits per heavy atom. The molecule has 1 amide bonds. The van der Waals surface area contributed by atoms with Crippen LogP contribution in [0.1, 0.15) is 42.1 Å². The summed E-state index contributed by atoms with van der Waals surface area (Å²) in [4.78, 5) is 14.7. The van der Waals surface area contributed by atoms with Gasteiger partial charge in [0.15, 0.2) is 6.23 Å². The second-order valence-electron chi connectivity index (χ2n) is 8.72. The van der Waals surface area contributed by atoms with E-state index in [2.05, 4.69) is 15.5 Å². The number of carbonyl (C=O) groups excluding carboxylic acids is 1. The number of nitrogens with zero attached hydrogens (tertiary/aromatic N) is 2. The number of rotatable bonds is 4. The Morgan fingerprint density at radius 1 is 1.34 bits per heavy atom. The van der Waals surface area contributed by atoms with Crippen molar-refractivity contribution in [3.63, 3.8) is 0 Å². The van der Waals surface area contributed by atoms with Crippen LogP contribution in [0.4, 0.5) is 0 Å². The van der Waals surface area contributed by atoms with Gasteiger partial charge < -0.3 is 19.5 Å². The van der Waals surface area contributed by atoms with Crippen molar-refractivity contribution in [2.75, 3.05) is 13.7 Å². The summed E-state index contributed by atoms with van der Waals surface area (Å²) in [7, 11) is 1.75. The number of benzene rings is 1. The summed E-state index contributed by atoms with van der Waals surface area (Å²) in [5.41, 5.74) is 3.63. The van der Waals surface area contributed by atoms with Crippen molar-refractivity contribution in [3.05, 3.63) is 76.8 Å². The molecule has 8 nitrogen and oxygen atoms in total. The SMILES string of the molecule is CN1C(=O)[C@@H](NC(O)c2n[nH]c3c2CC(C)(c2ccccc2)OC3)COC2CC=CC=C21. The van der Waals surface area contributed by atoms with Crippen LogP contribution in [0.15, 0.2) is 54.3 Å². The van der Waals surface area contributed by atoms with Gasteiger partial charge in [0.05, 0.1) is 24.5 Å². The fourth-order valence-electron chi connectivity index (χ4n) is 4.67. The van der Waals surface area contributed by atoms with E-state index >= 15 is 0 Å². The second kappa shape index (κ2) is 8.29. The molecule has 3 heterocycles. The van der Waals surface area contributed by atoms with Crippen LogP contribution in [0.25, 0.3) is 0 Å². The van der Waals surface area contributed by atoms with E-state index in [9.17, 15) is 9.90 Å². The monoisotopic (exact) mass is 436 g/mol. The summed E-state index contributed by atoms with van der Waals surface area (Å²) in [6.07, 6.45) is 5.88. The summed E-state index contributed by atoms with van der Waals surface area (Å²) in [5, 5.41) is 21.4. The number of fused-ring (bicyclic) bond motifs is 2. The van der Waals surface area contributed by atoms with E-state index in [0.29, 0.717) is 18.7 Å². The molecule has 168 valence electrons. The average Bonchev–Trinajstić information content (AvgIpc) is 3.19. The maximum absolute atomic E-state index is 13.0. The molecular weight excluding hydrogens is 408 g/mol. The van der Waals surface area contributed by atoms with Crippen molar-refractivity contribution >= 4 is 5.91 Å². The minimum atomic E-state index is -1.12. The van der Waals surface area contributed by atoms with Gasteiger partial charge in [0, 0.05) is 24.7 Å². The van der Waals surface area contributed by atoms with Crippen LogP contribution in [-0.4, -0.2) is 51.9 Å². The highest BCUT2D eigenvalue weighted by Crippen LogP contribution is 2.37. The van der Waals surface area contributed by atoms with Gasteiger partial charge in [-0.15, -0.1) is 0 Å². The van der Waals surface area contributed by atoms with Crippen LogP contribution >= 0.6 is 0 Å². The number of aromatic nitrogens is 2. The molecule has 8 heteroatoms. The number of nitrogens with one attached hydrogen (secondary N) is 2. The number of allylic oxidation sites excluding steroid dienone is 2. The molecule has 5 rings (SSSR count). The van der Waals surface area contributed by atoms with Gasteiger partial charge in [-0.05, 0) is 25.0 Å². The summed E-state index contributed by atoms with van der Waals surface area (Å²) in [6.45, 7) is 2.59. The van der Waals surface area contributed by atoms with Crippen LogP contribution in [0.3, 0.4) is 0 Å². The lowest BCUT2D eigenvalue weighted by Gasteiger charge is -2.34. The Balaban J connectivity index is 1.35. The van der Waals surface area contributed by atoms with Crippen LogP contribution in [0.5, 0.6) is 0 Å². The van der Waals surface area contributed by atoms with E-state index in [4.69, 9.17) is 9.47 Å². The second-order valence-corrected chi connectivity index (χ2v) is 8.72. The number of aliphatic hydroxyl groups is 1. The fourth-order valence-corrected chi connectivity index (χ4v) is 4.67. The smallest absolute Gasteiger partial charge is 0.246 e. The van der Waals surface area contributed by atoms with Gasteiger partial charge >= 0.3 is 0 Å². The molecule has 3 aliphatic rings. The summed E-state index contributed by atoms with van der Waals surface area (Å²) < 4.78 is 12.1. The largest absolute Gasteiger partial charge is 0.373 e. The van der Waals surface area contributed by atoms with E-state index in [-0.39, 0.29) is 18.6 Å². The van der Waals surface area contributed by atoms with Gasteiger partial charge in [0.1, 0.15) is 17.8 Å². The Labute approximate surface area is 186 Å². The molecule has 2 aromatic rings. The zero-order valence-electron chi connectivity index (χ0n) is 18.2. The first kappa shape index (κ1) is 21.1. The third-order valence-corrected chi connectivity index (χ3v) is 6.60. The Kier molecular flexibility index (Phi) is 5.46. The molecule has 1 aliphatic carbocycles. The van der Waals surface area contributed by atoms with Gasteiger partial charge in [-0.3, -0.25) is 15.2 Å². The summed E-state index contributed by atoms with van der Waals surface area (Å²) in [6, 6.07) is 9.35. The molecule has 4 atom stereocenters. The Morgan fingerprint density at radius 2 is 2.16 bits per heavy atom. The molecular formula is C24H28N4O4. The maximum atomic E-state index is 13.0. The number of aliphatic hydroxyl groups excluding tert-OH is 1. The molecule has 1 aromatic carbocycles. The number of ether oxygens (including phenoxy) is 2. The Hall–Kier alpha value is -2.78. The predicted molar refractivity (Wildman–Crippen MR) is 117 cm³/mol. The zero-order valence-corrected chi connectivity index (χ0v) is 18.2. The molecule has 1 aromatic heterocycles. The molecule has 0 saturated carbocycles. The van der Waals surface area contributed by atoms with Gasteiger partial charge in [0.2, 0.25) is 5.91 Å². The molecule has 0 bridgehead atoms. The topological polar surface area (TPSA) is 99.7 Å². The summed E-state index contributed by atoms with van der Waals surface area (Å²) >= 11 is 0. The van der Waals surface area contributed by atoms with Crippen molar-refractivity contribution in [1.82, 2.24) is 20.4 Å². The van der Waals surface area contributed by atoms with Gasteiger partial charge in [0.25, 0.3) is 0 Å². The fraction of sp³-hybridized carbons (Fsp3) is 0.417. The normalized spacial score (nSPS) is 28.5. The van der Waals surface area contributed by atoms with Crippen LogP contribution < -0.4 is 5.32 Å². The number of likely N-dealkylation sites (N-methyl/N-ethyl adjacent to an activating group) is 1. The standard InChI is InChI=1S/C24H28N4O4/c1-24(15-8-4-3-5-9-15)12-16-17(14-32-24)26-27-21(16)22(29)25-18-13-31-20-11-7-6-10-19(20)28(2)23(18)30/h3-10,18,20,22,25,29H,11-14H2,1-2H3,(H,26,27)/t18-,20?,22?,24?/m0/s1. The van der Waals surface area contributed by atoms with Crippen LogP contribution in [0.2, 0.25) is 0 Å². The number of hydrogen-bond acceptors (Lipinski definition) is 6. The minimum absolute atomic E-state index is 0.144. The number of carbonyl (C=O) groups is 1. The molecule has 2 aliphatic heterocycles. The lowest BCUT2D eigenvalue weighted by atomic mass is 9.86. The number of hydrogen-bond donors (Lipinski definition) is 3. The highest BCUT2D eigenvalue weighted by atomic mass is 16.5. The van der Waals surface area contributed by atoms with Crippen molar-refractivity contribution in [2.45, 2.75) is 50.3 Å². The molecule has 3 unspecified atom stereocenters. The van der Waals surface area contributed by atoms with Crippen LogP contribution in [0, 0.1) is 0 Å². The molecule has 3 N–H and O–H groups in total. The third-order valence-electron chi connectivity index (χ3n) is 6.60. The van der Waals surface area contributed by atoms with Gasteiger partial charge in [-0.1, -0.05) is 42.5 Å². The molecule has 32 heavy (non-hydrogen) atoms. The first-order valence-electron chi connectivity index (χ1n) is 10.9. The maximum Gasteiger partial charge on any atom is 0.246 e. The quantitative estimate of drug-likeness (QED) is 0.635. The first-order valence-corrected chi connectivity index (χ1v) is 10.9. The average molecular weight is 437 g/mol. The molecule has 1 saturated heterocycles. The molecule has 0 radical (unpaired) electrons. The first-order chi connectivity index (χ1) is 15.5. The van der Waals surface area contributed by atoms with E-state index in [1.807, 2.05) is 55.5 Å². The van der Waals surface area contributed by atoms with Gasteiger partial charge in [-0.2, -0.15) is 5.10 Å². The predicted octanol–water partition coefficient (Wildman–Crippen LogP) is 2.05. The van der Waals surface area contributed by atoms with Crippen molar-refractivity contribution < 1.29 is 19.4 Å². The van der Waals surface area contributed by atoms with Crippen LogP contribution in [-0.2, 0) is 32.9 Å². The number of aromatic amines is 1. The highest BCUT2D eigenvalue weighted by molar-refractivity contribution is 5.84. The summed E-state index contributed by atoms with van der Waals surface area (Å²) in [5.74, 6) is -0.144. The van der Waals surface area contributed by atoms with E-state index < -0.39 is 17.9 Å². The number of H-pyrrole nitrogens is 1. The lowest BCUT2D eigenvalue weighted by molar-refractivity contribution is -0.131. The molecule has 1 fully saturated rings. The highest BCUT2D eigenvalue weighted by Gasteiger charge is 2.38. The lowest BCUT2D eigenvalue weighted by Crippen LogP contribution is -2.47. The van der Waals surface area contributed by atoms with E-state index in [1.54, 1.807) is 11.9 Å². The Bertz CT molecular complexity index is 1060. The van der Waals surface area contributed by atoms with E-state index in [0.717, 1.165) is 28.9 Å². The van der Waals surface area contributed by atoms with Crippen molar-refractivity contribution in [1.29, 1.82) is 0 Å².